The quantitative estimate of drug-likeness (QED) is 0.833. The van der Waals surface area contributed by atoms with Gasteiger partial charge in [0.1, 0.15) is 0 Å². The lowest BCUT2D eigenvalue weighted by atomic mass is 10.1. The number of benzene rings is 1. The summed E-state index contributed by atoms with van der Waals surface area (Å²) in [7, 11) is 0. The molecule has 0 bridgehead atoms. The number of hydrogen-bond acceptors (Lipinski definition) is 3. The fourth-order valence-corrected chi connectivity index (χ4v) is 2.82. The van der Waals surface area contributed by atoms with E-state index in [4.69, 9.17) is 11.6 Å². The molecular weight excluding hydrogens is 242 g/mol. The Kier molecular flexibility index (Phi) is 4.16. The van der Waals surface area contributed by atoms with E-state index in [1.165, 1.54) is 4.70 Å². The zero-order valence-corrected chi connectivity index (χ0v) is 10.5. The molecule has 4 heteroatoms. The predicted molar refractivity (Wildman–Crippen MR) is 69.3 cm³/mol. The first-order chi connectivity index (χ1) is 7.79. The number of aliphatic hydroxyl groups is 1. The van der Waals surface area contributed by atoms with Crippen LogP contribution in [0, 0.1) is 0 Å². The van der Waals surface area contributed by atoms with Crippen molar-refractivity contribution in [3.8, 4) is 0 Å². The number of nitrogens with zero attached hydrogens (tertiary/aromatic N) is 1. The maximum atomic E-state index is 9.77. The molecule has 2 nitrogen and oxygen atoms in total. The van der Waals surface area contributed by atoms with Gasteiger partial charge in [-0.25, -0.2) is 4.98 Å². The van der Waals surface area contributed by atoms with Gasteiger partial charge < -0.3 is 5.11 Å². The first kappa shape index (κ1) is 11.8. The van der Waals surface area contributed by atoms with Crippen LogP contribution in [-0.4, -0.2) is 22.1 Å². The molecule has 1 unspecified atom stereocenters. The van der Waals surface area contributed by atoms with Crippen LogP contribution in [0.2, 0.25) is 0 Å². The van der Waals surface area contributed by atoms with Gasteiger partial charge in [0.2, 0.25) is 0 Å². The molecule has 0 amide bonds. The minimum Gasteiger partial charge on any atom is -0.393 e. The summed E-state index contributed by atoms with van der Waals surface area (Å²) in [4.78, 5) is 4.49. The van der Waals surface area contributed by atoms with Crippen LogP contribution >= 0.6 is 22.9 Å². The van der Waals surface area contributed by atoms with Crippen LogP contribution in [0.4, 0.5) is 0 Å². The van der Waals surface area contributed by atoms with Crippen molar-refractivity contribution in [2.24, 2.45) is 0 Å². The third kappa shape index (κ3) is 2.94. The fraction of sp³-hybridized carbons (Fsp3) is 0.417. The van der Waals surface area contributed by atoms with E-state index in [0.29, 0.717) is 12.3 Å². The summed E-state index contributed by atoms with van der Waals surface area (Å²) in [6.45, 7) is 0. The molecule has 0 aliphatic heterocycles. The summed E-state index contributed by atoms with van der Waals surface area (Å²) in [5.41, 5.74) is 1.02. The van der Waals surface area contributed by atoms with E-state index in [1.807, 2.05) is 18.2 Å². The monoisotopic (exact) mass is 255 g/mol. The summed E-state index contributed by atoms with van der Waals surface area (Å²) in [5.74, 6) is 0.608. The molecular formula is C12H14ClNOS. The minimum atomic E-state index is -0.320. The topological polar surface area (TPSA) is 33.1 Å². The van der Waals surface area contributed by atoms with Crippen LogP contribution in [0.5, 0.6) is 0 Å². The standard InChI is InChI=1S/C12H14ClNOS/c13-7-3-4-9(15)8-12-14-10-5-1-2-6-11(10)16-12/h1-2,5-6,9,15H,3-4,7-8H2. The number of alkyl halides is 1. The Morgan fingerprint density at radius 2 is 2.19 bits per heavy atom. The maximum Gasteiger partial charge on any atom is 0.0964 e. The van der Waals surface area contributed by atoms with Gasteiger partial charge in [0.05, 0.1) is 21.3 Å². The number of aromatic nitrogens is 1. The van der Waals surface area contributed by atoms with Gasteiger partial charge in [-0.1, -0.05) is 12.1 Å². The molecule has 0 radical (unpaired) electrons. The van der Waals surface area contributed by atoms with E-state index in [0.717, 1.165) is 23.4 Å². The highest BCUT2D eigenvalue weighted by Crippen LogP contribution is 2.23. The maximum absolute atomic E-state index is 9.77. The van der Waals surface area contributed by atoms with Crippen LogP contribution in [0.15, 0.2) is 24.3 Å². The van der Waals surface area contributed by atoms with Crippen molar-refractivity contribution in [3.05, 3.63) is 29.3 Å². The number of hydrogen-bond donors (Lipinski definition) is 1. The number of para-hydroxylation sites is 1. The lowest BCUT2D eigenvalue weighted by molar-refractivity contribution is 0.164. The van der Waals surface area contributed by atoms with Gasteiger partial charge in [0, 0.05) is 12.3 Å². The first-order valence-corrected chi connectivity index (χ1v) is 6.73. The van der Waals surface area contributed by atoms with Crippen LogP contribution in [-0.2, 0) is 6.42 Å². The van der Waals surface area contributed by atoms with Crippen molar-refractivity contribution in [3.63, 3.8) is 0 Å². The number of rotatable bonds is 5. The highest BCUT2D eigenvalue weighted by molar-refractivity contribution is 7.18. The summed E-state index contributed by atoms with van der Waals surface area (Å²) < 4.78 is 1.18. The Bertz CT molecular complexity index is 424. The Morgan fingerprint density at radius 3 is 2.94 bits per heavy atom. The van der Waals surface area contributed by atoms with Crippen LogP contribution in [0.3, 0.4) is 0 Å². The molecule has 1 heterocycles. The number of aliphatic hydroxyl groups excluding tert-OH is 1. The average Bonchev–Trinajstić information content (AvgIpc) is 2.68. The van der Waals surface area contributed by atoms with Crippen LogP contribution < -0.4 is 0 Å². The molecule has 0 saturated heterocycles. The van der Waals surface area contributed by atoms with E-state index in [-0.39, 0.29) is 6.10 Å². The van der Waals surface area contributed by atoms with Crippen molar-refractivity contribution in [2.45, 2.75) is 25.4 Å². The van der Waals surface area contributed by atoms with Crippen molar-refractivity contribution in [2.75, 3.05) is 5.88 Å². The molecule has 1 aromatic heterocycles. The molecule has 0 aliphatic rings. The Balaban J connectivity index is 2.03. The SMILES string of the molecule is OC(CCCCl)Cc1nc2ccccc2s1. The van der Waals surface area contributed by atoms with Gasteiger partial charge in [0.15, 0.2) is 0 Å². The summed E-state index contributed by atoms with van der Waals surface area (Å²) in [6, 6.07) is 8.05. The lowest BCUT2D eigenvalue weighted by Crippen LogP contribution is -2.10. The van der Waals surface area contributed by atoms with Gasteiger partial charge in [-0.05, 0) is 25.0 Å². The second kappa shape index (κ2) is 5.62. The molecule has 86 valence electrons. The zero-order chi connectivity index (χ0) is 11.4. The minimum absolute atomic E-state index is 0.320. The molecule has 16 heavy (non-hydrogen) atoms. The zero-order valence-electron chi connectivity index (χ0n) is 8.90. The Morgan fingerprint density at radius 1 is 1.38 bits per heavy atom. The van der Waals surface area contributed by atoms with E-state index in [9.17, 15) is 5.11 Å². The van der Waals surface area contributed by atoms with Gasteiger partial charge >= 0.3 is 0 Å². The van der Waals surface area contributed by atoms with Crippen molar-refractivity contribution >= 4 is 33.2 Å². The van der Waals surface area contributed by atoms with E-state index < -0.39 is 0 Å². The molecule has 1 aromatic carbocycles. The molecule has 0 fully saturated rings. The summed E-state index contributed by atoms with van der Waals surface area (Å²) in [6.07, 6.45) is 1.92. The van der Waals surface area contributed by atoms with Gasteiger partial charge in [0.25, 0.3) is 0 Å². The molecule has 0 spiro atoms. The van der Waals surface area contributed by atoms with E-state index in [2.05, 4.69) is 11.1 Å². The third-order valence-corrected chi connectivity index (χ3v) is 3.75. The largest absolute Gasteiger partial charge is 0.393 e. The van der Waals surface area contributed by atoms with Gasteiger partial charge in [-0.2, -0.15) is 0 Å². The summed E-state index contributed by atoms with van der Waals surface area (Å²) >= 11 is 7.24. The number of thiazole rings is 1. The molecule has 2 rings (SSSR count). The number of fused-ring (bicyclic) bond motifs is 1. The van der Waals surface area contributed by atoms with E-state index >= 15 is 0 Å². The smallest absolute Gasteiger partial charge is 0.0964 e. The normalized spacial score (nSPS) is 13.1. The average molecular weight is 256 g/mol. The van der Waals surface area contributed by atoms with Crippen LogP contribution in [0.25, 0.3) is 10.2 Å². The fourth-order valence-electron chi connectivity index (χ4n) is 1.62. The van der Waals surface area contributed by atoms with Gasteiger partial charge in [-0.3, -0.25) is 0 Å². The Labute approximate surface area is 104 Å². The highest BCUT2D eigenvalue weighted by atomic mass is 35.5. The molecule has 0 aliphatic carbocycles. The van der Waals surface area contributed by atoms with Crippen molar-refractivity contribution < 1.29 is 5.11 Å². The predicted octanol–water partition coefficient (Wildman–Crippen LogP) is 3.22. The number of halogens is 1. The lowest BCUT2D eigenvalue weighted by Gasteiger charge is -2.06. The van der Waals surface area contributed by atoms with E-state index in [1.54, 1.807) is 11.3 Å². The second-order valence-corrected chi connectivity index (χ2v) is 5.26. The third-order valence-electron chi connectivity index (χ3n) is 2.42. The van der Waals surface area contributed by atoms with Gasteiger partial charge in [-0.15, -0.1) is 22.9 Å². The Hall–Kier alpha value is -0.640. The first-order valence-electron chi connectivity index (χ1n) is 5.38. The van der Waals surface area contributed by atoms with Crippen molar-refractivity contribution in [1.29, 1.82) is 0 Å². The van der Waals surface area contributed by atoms with Crippen LogP contribution in [0.1, 0.15) is 17.8 Å². The van der Waals surface area contributed by atoms with Crippen molar-refractivity contribution in [1.82, 2.24) is 4.98 Å². The second-order valence-electron chi connectivity index (χ2n) is 3.76. The molecule has 1 atom stereocenters. The highest BCUT2D eigenvalue weighted by Gasteiger charge is 2.09. The summed E-state index contributed by atoms with van der Waals surface area (Å²) in [5, 5.41) is 10.8. The molecule has 2 aromatic rings. The molecule has 1 N–H and O–H groups in total. The molecule has 0 saturated carbocycles.